The van der Waals surface area contributed by atoms with Crippen molar-refractivity contribution in [3.05, 3.63) is 35.4 Å². The lowest BCUT2D eigenvalue weighted by molar-refractivity contribution is 0.0614. The van der Waals surface area contributed by atoms with Crippen molar-refractivity contribution >= 4 is 0 Å². The molecule has 0 spiro atoms. The predicted molar refractivity (Wildman–Crippen MR) is 70.7 cm³/mol. The zero-order valence-electron chi connectivity index (χ0n) is 11.0. The Bertz CT molecular complexity index is 419. The SMILES string of the molecule is NCC(c1ccc(F)cc1F)C(O)C1CCCCC1. The van der Waals surface area contributed by atoms with Gasteiger partial charge in [-0.2, -0.15) is 0 Å². The fourth-order valence-electron chi connectivity index (χ4n) is 3.06. The molecule has 0 bridgehead atoms. The second-order valence-corrected chi connectivity index (χ2v) is 5.40. The minimum atomic E-state index is -0.648. The summed E-state index contributed by atoms with van der Waals surface area (Å²) >= 11 is 0. The van der Waals surface area contributed by atoms with Gasteiger partial charge in [0.25, 0.3) is 0 Å². The van der Waals surface area contributed by atoms with Gasteiger partial charge in [0.2, 0.25) is 0 Å². The van der Waals surface area contributed by atoms with Gasteiger partial charge in [-0.05, 0) is 30.4 Å². The average molecular weight is 269 g/mol. The Labute approximate surface area is 112 Å². The zero-order chi connectivity index (χ0) is 13.8. The second-order valence-electron chi connectivity index (χ2n) is 5.40. The molecule has 3 N–H and O–H groups in total. The molecule has 2 rings (SSSR count). The highest BCUT2D eigenvalue weighted by Crippen LogP contribution is 2.34. The lowest BCUT2D eigenvalue weighted by Gasteiger charge is -2.32. The van der Waals surface area contributed by atoms with Gasteiger partial charge in [-0.15, -0.1) is 0 Å². The molecule has 0 aromatic heterocycles. The van der Waals surface area contributed by atoms with Crippen LogP contribution in [0.5, 0.6) is 0 Å². The predicted octanol–water partition coefficient (Wildman–Crippen LogP) is 2.95. The molecule has 1 fully saturated rings. The first-order valence-corrected chi connectivity index (χ1v) is 6.96. The number of aliphatic hydroxyl groups is 1. The number of hydrogen-bond donors (Lipinski definition) is 2. The summed E-state index contributed by atoms with van der Waals surface area (Å²) in [4.78, 5) is 0. The van der Waals surface area contributed by atoms with Crippen LogP contribution in [-0.4, -0.2) is 17.8 Å². The van der Waals surface area contributed by atoms with Gasteiger partial charge >= 0.3 is 0 Å². The Hall–Kier alpha value is -1.00. The van der Waals surface area contributed by atoms with Gasteiger partial charge in [0.15, 0.2) is 0 Å². The molecule has 0 aliphatic heterocycles. The Balaban J connectivity index is 2.18. The van der Waals surface area contributed by atoms with Crippen LogP contribution >= 0.6 is 0 Å². The first-order chi connectivity index (χ1) is 9.13. The Morgan fingerprint density at radius 1 is 1.21 bits per heavy atom. The maximum absolute atomic E-state index is 13.8. The summed E-state index contributed by atoms with van der Waals surface area (Å²) in [5.74, 6) is -1.51. The minimum absolute atomic E-state index is 0.167. The van der Waals surface area contributed by atoms with Gasteiger partial charge in [0.05, 0.1) is 6.10 Å². The Morgan fingerprint density at radius 2 is 1.89 bits per heavy atom. The van der Waals surface area contributed by atoms with E-state index in [1.807, 2.05) is 0 Å². The summed E-state index contributed by atoms with van der Waals surface area (Å²) < 4.78 is 26.7. The molecule has 0 saturated heterocycles. The molecule has 19 heavy (non-hydrogen) atoms. The van der Waals surface area contributed by atoms with E-state index in [2.05, 4.69) is 0 Å². The largest absolute Gasteiger partial charge is 0.392 e. The van der Waals surface area contributed by atoms with E-state index in [4.69, 9.17) is 5.73 Å². The van der Waals surface area contributed by atoms with Crippen LogP contribution in [0.25, 0.3) is 0 Å². The van der Waals surface area contributed by atoms with Gasteiger partial charge in [-0.1, -0.05) is 25.3 Å². The maximum atomic E-state index is 13.8. The molecule has 1 saturated carbocycles. The van der Waals surface area contributed by atoms with Crippen molar-refractivity contribution in [2.75, 3.05) is 6.54 Å². The first-order valence-electron chi connectivity index (χ1n) is 6.96. The first kappa shape index (κ1) is 14.4. The molecule has 1 aromatic rings. The van der Waals surface area contributed by atoms with E-state index in [0.717, 1.165) is 31.7 Å². The van der Waals surface area contributed by atoms with Crippen LogP contribution in [0.4, 0.5) is 8.78 Å². The quantitative estimate of drug-likeness (QED) is 0.882. The normalized spacial score (nSPS) is 20.2. The van der Waals surface area contributed by atoms with Crippen LogP contribution in [0.15, 0.2) is 18.2 Å². The van der Waals surface area contributed by atoms with Crippen LogP contribution in [0.3, 0.4) is 0 Å². The van der Waals surface area contributed by atoms with Crippen molar-refractivity contribution in [3.8, 4) is 0 Å². The number of aliphatic hydroxyl groups excluding tert-OH is 1. The number of benzene rings is 1. The molecule has 1 aliphatic rings. The van der Waals surface area contributed by atoms with Crippen LogP contribution < -0.4 is 5.73 Å². The van der Waals surface area contributed by atoms with Crippen molar-refractivity contribution < 1.29 is 13.9 Å². The molecular weight excluding hydrogens is 248 g/mol. The van der Waals surface area contributed by atoms with E-state index in [9.17, 15) is 13.9 Å². The summed E-state index contributed by atoms with van der Waals surface area (Å²) in [6, 6.07) is 3.47. The zero-order valence-corrected chi connectivity index (χ0v) is 11.0. The van der Waals surface area contributed by atoms with Crippen molar-refractivity contribution in [1.29, 1.82) is 0 Å². The summed E-state index contributed by atoms with van der Waals surface area (Å²) in [5.41, 5.74) is 6.02. The minimum Gasteiger partial charge on any atom is -0.392 e. The van der Waals surface area contributed by atoms with Gasteiger partial charge in [0.1, 0.15) is 11.6 Å². The number of rotatable bonds is 4. The monoisotopic (exact) mass is 269 g/mol. The fourth-order valence-corrected chi connectivity index (χ4v) is 3.06. The molecule has 4 heteroatoms. The highest BCUT2D eigenvalue weighted by Gasteiger charge is 2.30. The van der Waals surface area contributed by atoms with E-state index in [1.54, 1.807) is 0 Å². The number of nitrogens with two attached hydrogens (primary N) is 1. The summed E-state index contributed by atoms with van der Waals surface area (Å²) in [5, 5.41) is 10.4. The molecule has 2 atom stereocenters. The summed E-state index contributed by atoms with van der Waals surface area (Å²) in [6.45, 7) is 0.167. The molecule has 2 unspecified atom stereocenters. The molecule has 106 valence electrons. The molecule has 0 radical (unpaired) electrons. The molecule has 0 amide bonds. The van der Waals surface area contributed by atoms with Gasteiger partial charge in [0, 0.05) is 18.5 Å². The van der Waals surface area contributed by atoms with Crippen molar-refractivity contribution in [2.24, 2.45) is 11.7 Å². The lowest BCUT2D eigenvalue weighted by atomic mass is 9.78. The van der Waals surface area contributed by atoms with Crippen LogP contribution in [-0.2, 0) is 0 Å². The van der Waals surface area contributed by atoms with Crippen molar-refractivity contribution in [1.82, 2.24) is 0 Å². The topological polar surface area (TPSA) is 46.2 Å². The van der Waals surface area contributed by atoms with Crippen LogP contribution in [0, 0.1) is 17.6 Å². The smallest absolute Gasteiger partial charge is 0.129 e. The molecule has 2 nitrogen and oxygen atoms in total. The van der Waals surface area contributed by atoms with Gasteiger partial charge in [-0.25, -0.2) is 8.78 Å². The number of hydrogen-bond acceptors (Lipinski definition) is 2. The van der Waals surface area contributed by atoms with Gasteiger partial charge in [-0.3, -0.25) is 0 Å². The highest BCUT2D eigenvalue weighted by molar-refractivity contribution is 5.24. The van der Waals surface area contributed by atoms with E-state index in [-0.39, 0.29) is 12.5 Å². The lowest BCUT2D eigenvalue weighted by Crippen LogP contribution is -2.34. The third kappa shape index (κ3) is 3.31. The standard InChI is InChI=1S/C15H21F2NO/c16-11-6-7-12(14(17)8-11)13(9-18)15(19)10-4-2-1-3-5-10/h6-8,10,13,15,19H,1-5,9,18H2. The third-order valence-corrected chi connectivity index (χ3v) is 4.16. The molecular formula is C15H21F2NO. The van der Waals surface area contributed by atoms with E-state index >= 15 is 0 Å². The van der Waals surface area contributed by atoms with Crippen molar-refractivity contribution in [3.63, 3.8) is 0 Å². The van der Waals surface area contributed by atoms with Crippen LogP contribution in [0.1, 0.15) is 43.6 Å². The molecule has 1 aliphatic carbocycles. The average Bonchev–Trinajstić information content (AvgIpc) is 2.42. The molecule has 0 heterocycles. The number of halogens is 2. The summed E-state index contributed by atoms with van der Waals surface area (Å²) in [7, 11) is 0. The van der Waals surface area contributed by atoms with E-state index in [0.29, 0.717) is 5.56 Å². The Kier molecular flexibility index (Phi) is 4.88. The van der Waals surface area contributed by atoms with E-state index in [1.165, 1.54) is 18.6 Å². The molecule has 1 aromatic carbocycles. The Morgan fingerprint density at radius 3 is 2.47 bits per heavy atom. The van der Waals surface area contributed by atoms with Crippen molar-refractivity contribution in [2.45, 2.75) is 44.1 Å². The van der Waals surface area contributed by atoms with E-state index < -0.39 is 23.7 Å². The van der Waals surface area contributed by atoms with Crippen LogP contribution in [0.2, 0.25) is 0 Å². The highest BCUT2D eigenvalue weighted by atomic mass is 19.1. The second kappa shape index (κ2) is 6.44. The third-order valence-electron chi connectivity index (χ3n) is 4.16. The fraction of sp³-hybridized carbons (Fsp3) is 0.600. The maximum Gasteiger partial charge on any atom is 0.129 e. The summed E-state index contributed by atoms with van der Waals surface area (Å²) in [6.07, 6.45) is 4.67. The van der Waals surface area contributed by atoms with Gasteiger partial charge < -0.3 is 10.8 Å².